The summed E-state index contributed by atoms with van der Waals surface area (Å²) in [5.74, 6) is -0.217. The molecule has 1 aliphatic heterocycles. The first kappa shape index (κ1) is 44.5. The summed E-state index contributed by atoms with van der Waals surface area (Å²) < 4.78 is 5.16. The van der Waals surface area contributed by atoms with Gasteiger partial charge in [0.25, 0.3) is 0 Å². The highest BCUT2D eigenvalue weighted by molar-refractivity contribution is 5.93. The maximum absolute atomic E-state index is 12.6. The van der Waals surface area contributed by atoms with Crippen molar-refractivity contribution in [3.8, 4) is 12.3 Å². The van der Waals surface area contributed by atoms with E-state index >= 15 is 0 Å². The van der Waals surface area contributed by atoms with Gasteiger partial charge < -0.3 is 36.6 Å². The number of aryl methyl sites for hydroxylation is 1. The third-order valence-electron chi connectivity index (χ3n) is 5.70. The van der Waals surface area contributed by atoms with E-state index in [-0.39, 0.29) is 32.0 Å². The number of ether oxygens (including phenoxy) is 1. The molecule has 13 heteroatoms. The van der Waals surface area contributed by atoms with E-state index in [9.17, 15) is 28.8 Å². The van der Waals surface area contributed by atoms with E-state index in [1.807, 2.05) is 32.0 Å². The van der Waals surface area contributed by atoms with Crippen molar-refractivity contribution in [2.75, 3.05) is 26.2 Å². The molecule has 1 heterocycles. The summed E-state index contributed by atoms with van der Waals surface area (Å²) in [5.41, 5.74) is 0.719. The Balaban J connectivity index is 0. The second-order valence-electron chi connectivity index (χ2n) is 11.2. The van der Waals surface area contributed by atoms with Gasteiger partial charge in [0, 0.05) is 19.5 Å². The van der Waals surface area contributed by atoms with Crippen LogP contribution in [0.5, 0.6) is 0 Å². The lowest BCUT2D eigenvalue weighted by Crippen LogP contribution is -2.52. The number of carbonyl (C=O) groups is 6. The van der Waals surface area contributed by atoms with Gasteiger partial charge in [0.1, 0.15) is 17.7 Å². The summed E-state index contributed by atoms with van der Waals surface area (Å²) in [5, 5.41) is 15.2. The molecule has 0 unspecified atom stereocenters. The highest BCUT2D eigenvalue weighted by atomic mass is 16.6. The number of nitrogens with one attached hydrogen (secondary N) is 6. The SMILES string of the molecule is C#CC.CC.C[C@@H]1NC(=O)CNC(=O)CCCNC(=O)[C@H](CCCCNC(=O)OC(C)(C)C)NC(=O)CNC1=O.Cc1ccccc1. The van der Waals surface area contributed by atoms with Gasteiger partial charge in [-0.05, 0) is 67.2 Å². The van der Waals surface area contributed by atoms with E-state index in [1.165, 1.54) is 12.5 Å². The van der Waals surface area contributed by atoms with Crippen molar-refractivity contribution in [3.63, 3.8) is 0 Å². The molecule has 1 aromatic rings. The summed E-state index contributed by atoms with van der Waals surface area (Å²) in [7, 11) is 0. The van der Waals surface area contributed by atoms with Crippen molar-refractivity contribution in [2.45, 2.75) is 105 Å². The molecular weight excluding hydrogens is 604 g/mol. The molecule has 0 saturated carbocycles. The van der Waals surface area contributed by atoms with Crippen molar-refractivity contribution in [1.29, 1.82) is 0 Å². The van der Waals surface area contributed by atoms with Gasteiger partial charge in [-0.25, -0.2) is 4.79 Å². The van der Waals surface area contributed by atoms with Crippen LogP contribution < -0.4 is 31.9 Å². The molecule has 6 N–H and O–H groups in total. The first-order valence-corrected chi connectivity index (χ1v) is 15.9. The van der Waals surface area contributed by atoms with Gasteiger partial charge in [-0.1, -0.05) is 49.7 Å². The fourth-order valence-corrected chi connectivity index (χ4v) is 3.56. The first-order chi connectivity index (χ1) is 22.2. The monoisotopic (exact) mass is 660 g/mol. The Morgan fingerprint density at radius 3 is 2.04 bits per heavy atom. The Morgan fingerprint density at radius 1 is 0.915 bits per heavy atom. The number of amides is 6. The lowest BCUT2D eigenvalue weighted by atomic mass is 10.1. The quantitative estimate of drug-likeness (QED) is 0.207. The zero-order valence-corrected chi connectivity index (χ0v) is 29.3. The molecule has 1 aliphatic rings. The molecule has 0 aliphatic carbocycles. The van der Waals surface area contributed by atoms with Crippen molar-refractivity contribution in [2.24, 2.45) is 0 Å². The summed E-state index contributed by atoms with van der Waals surface area (Å²) in [6, 6.07) is 8.49. The highest BCUT2D eigenvalue weighted by Crippen LogP contribution is 2.07. The van der Waals surface area contributed by atoms with Crippen molar-refractivity contribution in [3.05, 3.63) is 35.9 Å². The van der Waals surface area contributed by atoms with Crippen LogP contribution in [0.3, 0.4) is 0 Å². The maximum atomic E-state index is 12.6. The molecule has 47 heavy (non-hydrogen) atoms. The number of terminal acetylenes is 1. The molecule has 1 saturated heterocycles. The second kappa shape index (κ2) is 26.6. The Bertz CT molecular complexity index is 1130. The molecule has 2 atom stereocenters. The number of rotatable bonds is 5. The smallest absolute Gasteiger partial charge is 0.407 e. The average molecular weight is 661 g/mol. The summed E-state index contributed by atoms with van der Waals surface area (Å²) >= 11 is 0. The molecule has 264 valence electrons. The van der Waals surface area contributed by atoms with E-state index in [0.717, 1.165) is 0 Å². The summed E-state index contributed by atoms with van der Waals surface area (Å²) in [6.07, 6.45) is 5.87. The minimum absolute atomic E-state index is 0.0942. The van der Waals surface area contributed by atoms with Crippen LogP contribution in [0.25, 0.3) is 0 Å². The molecule has 0 aromatic heterocycles. The maximum Gasteiger partial charge on any atom is 0.407 e. The van der Waals surface area contributed by atoms with Crippen molar-refractivity contribution < 1.29 is 33.5 Å². The van der Waals surface area contributed by atoms with Gasteiger partial charge >= 0.3 is 6.09 Å². The molecule has 1 fully saturated rings. The third-order valence-corrected chi connectivity index (χ3v) is 5.70. The van der Waals surface area contributed by atoms with Crippen LogP contribution in [-0.4, -0.2) is 79.5 Å². The van der Waals surface area contributed by atoms with E-state index in [4.69, 9.17) is 4.74 Å². The van der Waals surface area contributed by atoms with Gasteiger partial charge in [0.2, 0.25) is 29.5 Å². The predicted octanol–water partition coefficient (Wildman–Crippen LogP) is 2.47. The van der Waals surface area contributed by atoms with E-state index in [0.29, 0.717) is 32.2 Å². The van der Waals surface area contributed by atoms with E-state index in [2.05, 4.69) is 63.3 Å². The number of benzene rings is 1. The molecule has 0 radical (unpaired) electrons. The lowest BCUT2D eigenvalue weighted by molar-refractivity contribution is -0.131. The average Bonchev–Trinajstić information content (AvgIpc) is 3.01. The molecule has 2 rings (SSSR count). The molecule has 0 bridgehead atoms. The largest absolute Gasteiger partial charge is 0.444 e. The Morgan fingerprint density at radius 2 is 1.49 bits per heavy atom. The normalized spacial score (nSPS) is 17.6. The Hall–Kier alpha value is -4.60. The second-order valence-corrected chi connectivity index (χ2v) is 11.2. The van der Waals surface area contributed by atoms with Crippen LogP contribution in [-0.2, 0) is 28.7 Å². The number of carbonyl (C=O) groups excluding carboxylic acids is 6. The molecule has 6 amide bonds. The van der Waals surface area contributed by atoms with Crippen LogP contribution in [0.4, 0.5) is 4.79 Å². The fourth-order valence-electron chi connectivity index (χ4n) is 3.56. The predicted molar refractivity (Wildman–Crippen MR) is 183 cm³/mol. The zero-order chi connectivity index (χ0) is 36.3. The minimum atomic E-state index is -0.917. The van der Waals surface area contributed by atoms with E-state index in [1.54, 1.807) is 27.7 Å². The number of alkyl carbamates (subject to hydrolysis) is 1. The molecule has 1 aromatic carbocycles. The van der Waals surface area contributed by atoms with Gasteiger partial charge in [0.05, 0.1) is 13.1 Å². The standard InChI is InChI=1S/C22H38N6O7.C7H8.C3H4.C2H6/c1-14-19(32)26-13-18(31)28-15(8-5-6-10-24-21(34)35-22(2,3)4)20(33)23-11-7-9-16(29)25-12-17(30)27-14;1-7-5-3-2-4-6-7;1-3-2;1-2/h14-15H,5-13H2,1-4H3,(H,23,33)(H,24,34)(H,25,29)(H,26,32)(H,27,30)(H,28,31);2-6H,1H3;1H,2H3;1-2H3/t14-,15-;;;/m0.../s1. The first-order valence-electron chi connectivity index (χ1n) is 15.9. The van der Waals surface area contributed by atoms with Crippen molar-refractivity contribution in [1.82, 2.24) is 31.9 Å². The van der Waals surface area contributed by atoms with Crippen LogP contribution >= 0.6 is 0 Å². The van der Waals surface area contributed by atoms with Gasteiger partial charge in [-0.15, -0.1) is 12.3 Å². The zero-order valence-electron chi connectivity index (χ0n) is 29.3. The Labute approximate surface area is 280 Å². The number of unbranched alkanes of at least 4 members (excludes halogenated alkanes) is 1. The van der Waals surface area contributed by atoms with Crippen molar-refractivity contribution >= 4 is 35.6 Å². The highest BCUT2D eigenvalue weighted by Gasteiger charge is 2.22. The molecule has 13 nitrogen and oxygen atoms in total. The molecule has 0 spiro atoms. The van der Waals surface area contributed by atoms with Crippen LogP contribution in [0.1, 0.15) is 86.1 Å². The van der Waals surface area contributed by atoms with Crippen LogP contribution in [0.2, 0.25) is 0 Å². The Kier molecular flexibility index (Phi) is 25.2. The third kappa shape index (κ3) is 26.3. The fraction of sp³-hybridized carbons (Fsp3) is 0.588. The van der Waals surface area contributed by atoms with Gasteiger partial charge in [-0.3, -0.25) is 24.0 Å². The van der Waals surface area contributed by atoms with E-state index < -0.39 is 47.4 Å². The summed E-state index contributed by atoms with van der Waals surface area (Å²) in [6.45, 7) is 14.4. The minimum Gasteiger partial charge on any atom is -0.444 e. The van der Waals surface area contributed by atoms with Gasteiger partial charge in [-0.2, -0.15) is 0 Å². The number of hydrogen-bond acceptors (Lipinski definition) is 7. The summed E-state index contributed by atoms with van der Waals surface area (Å²) in [4.78, 5) is 72.5. The van der Waals surface area contributed by atoms with Crippen LogP contribution in [0, 0.1) is 19.3 Å². The topological polar surface area (TPSA) is 184 Å². The van der Waals surface area contributed by atoms with Gasteiger partial charge in [0.15, 0.2) is 0 Å². The molecular formula is C34H56N6O7. The lowest BCUT2D eigenvalue weighted by Gasteiger charge is -2.20. The van der Waals surface area contributed by atoms with Crippen LogP contribution in [0.15, 0.2) is 30.3 Å². The number of hydrogen-bond donors (Lipinski definition) is 6.